The topological polar surface area (TPSA) is 0 Å². The highest BCUT2D eigenvalue weighted by atomic mass is 14.6. The van der Waals surface area contributed by atoms with Crippen molar-refractivity contribution in [2.75, 3.05) is 0 Å². The third-order valence-corrected chi connectivity index (χ3v) is 15.1. The molecule has 0 heterocycles. The second-order valence-corrected chi connectivity index (χ2v) is 21.7. The second-order valence-electron chi connectivity index (χ2n) is 21.7. The van der Waals surface area contributed by atoms with Crippen LogP contribution in [-0.2, 0) is 10.8 Å². The molecule has 0 spiro atoms. The highest BCUT2D eigenvalue weighted by Gasteiger charge is 2.60. The van der Waals surface area contributed by atoms with Crippen molar-refractivity contribution in [3.05, 3.63) is 80.4 Å². The fourth-order valence-electron chi connectivity index (χ4n) is 13.5. The first-order valence-corrected chi connectivity index (χ1v) is 20.0. The maximum atomic E-state index is 2.92. The summed E-state index contributed by atoms with van der Waals surface area (Å²) >= 11 is 0. The lowest BCUT2D eigenvalue weighted by molar-refractivity contribution is -0.0316. The van der Waals surface area contributed by atoms with Crippen LogP contribution in [0, 0.1) is 59.7 Å². The number of aryl methyl sites for hydroxylation is 2. The van der Waals surface area contributed by atoms with Crippen LogP contribution >= 0.6 is 0 Å². The summed E-state index contributed by atoms with van der Waals surface area (Å²) in [5.74, 6) is 4.57. The van der Waals surface area contributed by atoms with Gasteiger partial charge in [-0.3, -0.25) is 0 Å². The minimum atomic E-state index is 0.0999. The van der Waals surface area contributed by atoms with Crippen LogP contribution in [0.25, 0.3) is 11.1 Å². The van der Waals surface area contributed by atoms with Gasteiger partial charge in [0.15, 0.2) is 0 Å². The summed E-state index contributed by atoms with van der Waals surface area (Å²) in [6.07, 6.45) is 14.5. The molecule has 4 saturated carbocycles. The van der Waals surface area contributed by atoms with Gasteiger partial charge in [-0.1, -0.05) is 118 Å². The number of fused-ring (bicyclic) bond motifs is 3. The average Bonchev–Trinajstić information content (AvgIpc) is 3.60. The zero-order chi connectivity index (χ0) is 34.5. The lowest BCUT2D eigenvalue weighted by Crippen LogP contribution is -2.47. The van der Waals surface area contributed by atoms with Gasteiger partial charge >= 0.3 is 0 Å². The SMILES string of the molecule is Cc1cc2c(cc1C(C)(C)C)-c1cc(C(C)(C)C)c(C)cc1C2C1(C(C)C)CC(C(C)(C)C)C2=C1C=C(C13CC4CC(CC(C4)C1)C3)C2. The van der Waals surface area contributed by atoms with Gasteiger partial charge in [0, 0.05) is 11.3 Å². The highest BCUT2D eigenvalue weighted by Crippen LogP contribution is 2.72. The van der Waals surface area contributed by atoms with Crippen LogP contribution in [0.2, 0.25) is 0 Å². The minimum Gasteiger partial charge on any atom is -0.0619 e. The monoisotopic (exact) mass is 643 g/mol. The van der Waals surface area contributed by atoms with Gasteiger partial charge in [-0.05, 0) is 167 Å². The van der Waals surface area contributed by atoms with Gasteiger partial charge in [0.2, 0.25) is 0 Å². The van der Waals surface area contributed by atoms with Crippen LogP contribution in [0.5, 0.6) is 0 Å². The van der Waals surface area contributed by atoms with Crippen molar-refractivity contribution in [3.63, 3.8) is 0 Å². The van der Waals surface area contributed by atoms with Crippen molar-refractivity contribution >= 4 is 0 Å². The van der Waals surface area contributed by atoms with E-state index in [1.54, 1.807) is 16.7 Å². The summed E-state index contributed by atoms with van der Waals surface area (Å²) in [4.78, 5) is 0. The molecular formula is C48H66. The number of hydrogen-bond acceptors (Lipinski definition) is 0. The molecule has 7 aliphatic carbocycles. The first-order valence-electron chi connectivity index (χ1n) is 20.0. The number of allylic oxidation sites excluding steroid dienone is 4. The Hall–Kier alpha value is -2.08. The van der Waals surface area contributed by atoms with Gasteiger partial charge in [-0.15, -0.1) is 0 Å². The fraction of sp³-hybridized carbons (Fsp3) is 0.667. The van der Waals surface area contributed by atoms with E-state index in [1.807, 2.05) is 11.1 Å². The summed E-state index contributed by atoms with van der Waals surface area (Å²) in [7, 11) is 0. The molecule has 2 atom stereocenters. The van der Waals surface area contributed by atoms with Crippen LogP contribution in [0.4, 0.5) is 0 Å². The Kier molecular flexibility index (Phi) is 7.07. The van der Waals surface area contributed by atoms with Gasteiger partial charge in [0.05, 0.1) is 0 Å². The van der Waals surface area contributed by atoms with Gasteiger partial charge in [-0.25, -0.2) is 0 Å². The smallest absolute Gasteiger partial charge is 0.0201 e. The molecule has 0 aliphatic heterocycles. The highest BCUT2D eigenvalue weighted by molar-refractivity contribution is 5.83. The molecule has 0 aromatic heterocycles. The summed E-state index contributed by atoms with van der Waals surface area (Å²) in [5, 5.41) is 0. The van der Waals surface area contributed by atoms with Crippen molar-refractivity contribution in [3.8, 4) is 11.1 Å². The Bertz CT molecular complexity index is 1640. The molecule has 258 valence electrons. The zero-order valence-electron chi connectivity index (χ0n) is 33.0. The standard InChI is InChI=1S/C48H66/c1-27(2)48(26-42(46(11,12)13)38-19-33(20-41(38)48)47-23-30-16-31(24-47)18-32(17-30)25-47)43-36-14-28(3)39(44(5,6)7)21-34(36)35-22-40(45(8,9)10)29(4)15-37(35)43/h14-15,20-22,27,30-32,42-43H,16-19,23-26H2,1-13H3. The van der Waals surface area contributed by atoms with E-state index in [9.17, 15) is 0 Å². The van der Waals surface area contributed by atoms with Crippen LogP contribution < -0.4 is 0 Å². The molecule has 2 unspecified atom stereocenters. The van der Waals surface area contributed by atoms with Crippen LogP contribution in [0.15, 0.2) is 47.1 Å². The van der Waals surface area contributed by atoms with E-state index in [4.69, 9.17) is 0 Å². The third-order valence-electron chi connectivity index (χ3n) is 15.1. The molecule has 9 rings (SSSR count). The van der Waals surface area contributed by atoms with Gasteiger partial charge in [0.25, 0.3) is 0 Å². The van der Waals surface area contributed by atoms with E-state index in [2.05, 4.69) is 120 Å². The predicted molar refractivity (Wildman–Crippen MR) is 206 cm³/mol. The number of benzene rings is 2. The summed E-state index contributed by atoms with van der Waals surface area (Å²) < 4.78 is 0. The third kappa shape index (κ3) is 4.65. The largest absolute Gasteiger partial charge is 0.0619 e. The van der Waals surface area contributed by atoms with Gasteiger partial charge < -0.3 is 0 Å². The second kappa shape index (κ2) is 10.3. The van der Waals surface area contributed by atoms with Crippen molar-refractivity contribution in [2.45, 2.75) is 158 Å². The Morgan fingerprint density at radius 3 is 1.50 bits per heavy atom. The molecule has 4 bridgehead atoms. The van der Waals surface area contributed by atoms with E-state index in [0.717, 1.165) is 17.8 Å². The predicted octanol–water partition coefficient (Wildman–Crippen LogP) is 13.6. The summed E-state index contributed by atoms with van der Waals surface area (Å²) in [6.45, 7) is 32.0. The Balaban J connectivity index is 1.36. The van der Waals surface area contributed by atoms with E-state index in [1.165, 1.54) is 84.7 Å². The summed E-state index contributed by atoms with van der Waals surface area (Å²) in [5.41, 5.74) is 18.9. The zero-order valence-corrected chi connectivity index (χ0v) is 33.0. The normalized spacial score (nSPS) is 32.8. The first kappa shape index (κ1) is 33.1. The van der Waals surface area contributed by atoms with Crippen molar-refractivity contribution < 1.29 is 0 Å². The Morgan fingerprint density at radius 2 is 1.10 bits per heavy atom. The average molecular weight is 643 g/mol. The molecule has 7 aliphatic rings. The molecular weight excluding hydrogens is 577 g/mol. The number of hydrogen-bond donors (Lipinski definition) is 0. The molecule has 0 radical (unpaired) electrons. The van der Waals surface area contributed by atoms with Crippen molar-refractivity contribution in [1.29, 1.82) is 0 Å². The van der Waals surface area contributed by atoms with Crippen LogP contribution in [0.3, 0.4) is 0 Å². The van der Waals surface area contributed by atoms with Crippen LogP contribution in [0.1, 0.15) is 167 Å². The van der Waals surface area contributed by atoms with E-state index < -0.39 is 0 Å². The minimum absolute atomic E-state index is 0.0999. The lowest BCUT2D eigenvalue weighted by Gasteiger charge is -2.58. The van der Waals surface area contributed by atoms with Crippen molar-refractivity contribution in [1.82, 2.24) is 0 Å². The van der Waals surface area contributed by atoms with Crippen LogP contribution in [-0.4, -0.2) is 0 Å². The summed E-state index contributed by atoms with van der Waals surface area (Å²) in [6, 6.07) is 10.6. The van der Waals surface area contributed by atoms with Gasteiger partial charge in [-0.2, -0.15) is 0 Å². The fourth-order valence-corrected chi connectivity index (χ4v) is 13.5. The lowest BCUT2D eigenvalue weighted by atomic mass is 9.47. The maximum Gasteiger partial charge on any atom is 0.0201 e. The molecule has 0 nitrogen and oxygen atoms in total. The van der Waals surface area contributed by atoms with Gasteiger partial charge in [0.1, 0.15) is 0 Å². The molecule has 2 aromatic rings. The van der Waals surface area contributed by atoms with E-state index >= 15 is 0 Å². The molecule has 4 fully saturated rings. The Morgan fingerprint density at radius 1 is 0.646 bits per heavy atom. The quantitative estimate of drug-likeness (QED) is 0.312. The van der Waals surface area contributed by atoms with Crippen molar-refractivity contribution in [2.24, 2.45) is 45.8 Å². The molecule has 0 saturated heterocycles. The van der Waals surface area contributed by atoms with E-state index in [0.29, 0.717) is 23.2 Å². The molecule has 0 amide bonds. The maximum absolute atomic E-state index is 2.92. The van der Waals surface area contributed by atoms with E-state index in [-0.39, 0.29) is 21.7 Å². The molecule has 0 heteroatoms. The Labute approximate surface area is 294 Å². The molecule has 48 heavy (non-hydrogen) atoms. The molecule has 2 aromatic carbocycles. The first-order chi connectivity index (χ1) is 22.2. The molecule has 0 N–H and O–H groups in total. The number of rotatable bonds is 3.